The second-order valence-electron chi connectivity index (χ2n) is 6.54. The average molecular weight is 354 g/mol. The van der Waals surface area contributed by atoms with Crippen molar-refractivity contribution < 1.29 is 14.3 Å². The minimum Gasteiger partial charge on any atom is -0.491 e. The average Bonchev–Trinajstić information content (AvgIpc) is 2.62. The smallest absolute Gasteiger partial charge is 0.255 e. The third kappa shape index (κ3) is 5.62. The number of amides is 2. The van der Waals surface area contributed by atoms with E-state index >= 15 is 0 Å². The summed E-state index contributed by atoms with van der Waals surface area (Å²) in [6.07, 6.45) is 1.06. The molecule has 138 valence electrons. The van der Waals surface area contributed by atoms with Gasteiger partial charge in [-0.3, -0.25) is 9.59 Å². The molecule has 5 nitrogen and oxygen atoms in total. The maximum Gasteiger partial charge on any atom is 0.255 e. The molecular weight excluding hydrogens is 328 g/mol. The van der Waals surface area contributed by atoms with E-state index in [-0.39, 0.29) is 23.8 Å². The zero-order valence-electron chi connectivity index (χ0n) is 15.7. The van der Waals surface area contributed by atoms with E-state index in [2.05, 4.69) is 17.6 Å². The Balaban J connectivity index is 2.02. The number of carbonyl (C=O) groups excluding carboxylic acids is 2. The molecule has 2 aromatic carbocycles. The first-order chi connectivity index (χ1) is 12.4. The minimum atomic E-state index is -0.215. The van der Waals surface area contributed by atoms with Gasteiger partial charge in [0.2, 0.25) is 5.91 Å². The second kappa shape index (κ2) is 9.04. The predicted octanol–water partition coefficient (Wildman–Crippen LogP) is 4.71. The summed E-state index contributed by atoms with van der Waals surface area (Å²) in [5.41, 5.74) is 1.81. The number of anilines is 2. The van der Waals surface area contributed by atoms with Gasteiger partial charge in [0.1, 0.15) is 5.75 Å². The van der Waals surface area contributed by atoms with Crippen molar-refractivity contribution in [2.75, 3.05) is 10.6 Å². The van der Waals surface area contributed by atoms with Crippen molar-refractivity contribution in [2.45, 2.75) is 40.2 Å². The number of hydrogen-bond acceptors (Lipinski definition) is 3. The first-order valence-corrected chi connectivity index (χ1v) is 8.88. The van der Waals surface area contributed by atoms with Crippen LogP contribution >= 0.6 is 0 Å². The van der Waals surface area contributed by atoms with E-state index in [1.807, 2.05) is 20.8 Å². The van der Waals surface area contributed by atoms with Gasteiger partial charge in [0, 0.05) is 22.9 Å². The number of carbonyl (C=O) groups is 2. The van der Waals surface area contributed by atoms with Gasteiger partial charge in [0.25, 0.3) is 5.91 Å². The van der Waals surface area contributed by atoms with Crippen molar-refractivity contribution in [2.24, 2.45) is 5.92 Å². The van der Waals surface area contributed by atoms with Crippen LogP contribution in [0.5, 0.6) is 5.75 Å². The van der Waals surface area contributed by atoms with Crippen LogP contribution in [-0.2, 0) is 4.79 Å². The van der Waals surface area contributed by atoms with E-state index in [0.29, 0.717) is 16.9 Å². The Kier molecular flexibility index (Phi) is 6.78. The maximum absolute atomic E-state index is 12.4. The van der Waals surface area contributed by atoms with Gasteiger partial charge in [-0.15, -0.1) is 0 Å². The molecule has 0 fully saturated rings. The maximum atomic E-state index is 12.4. The standard InChI is InChI=1S/C21H26N2O3/c1-5-15(4)26-19-11-9-16(10-12-19)21(25)23-18-8-6-7-17(13-18)22-20(24)14(2)3/h6-15H,5H2,1-4H3,(H,22,24)(H,23,25)/t15-/m1/s1. The third-order valence-corrected chi connectivity index (χ3v) is 3.94. The molecule has 26 heavy (non-hydrogen) atoms. The molecule has 1 atom stereocenters. The lowest BCUT2D eigenvalue weighted by Gasteiger charge is -2.13. The zero-order chi connectivity index (χ0) is 19.1. The summed E-state index contributed by atoms with van der Waals surface area (Å²) in [7, 11) is 0. The number of hydrogen-bond donors (Lipinski definition) is 2. The van der Waals surface area contributed by atoms with Gasteiger partial charge in [-0.1, -0.05) is 26.8 Å². The van der Waals surface area contributed by atoms with Crippen LogP contribution < -0.4 is 15.4 Å². The van der Waals surface area contributed by atoms with E-state index in [0.717, 1.165) is 12.2 Å². The highest BCUT2D eigenvalue weighted by Gasteiger charge is 2.10. The largest absolute Gasteiger partial charge is 0.491 e. The van der Waals surface area contributed by atoms with E-state index < -0.39 is 0 Å². The van der Waals surface area contributed by atoms with E-state index in [1.54, 1.807) is 48.5 Å². The van der Waals surface area contributed by atoms with E-state index in [1.165, 1.54) is 0 Å². The van der Waals surface area contributed by atoms with Crippen LogP contribution in [0.4, 0.5) is 11.4 Å². The number of benzene rings is 2. The number of ether oxygens (including phenoxy) is 1. The monoisotopic (exact) mass is 354 g/mol. The quantitative estimate of drug-likeness (QED) is 0.756. The Morgan fingerprint density at radius 1 is 0.962 bits per heavy atom. The molecule has 0 radical (unpaired) electrons. The first-order valence-electron chi connectivity index (χ1n) is 8.88. The molecule has 0 aliphatic carbocycles. The van der Waals surface area contributed by atoms with Crippen LogP contribution in [0, 0.1) is 5.92 Å². The molecular formula is C21H26N2O3. The minimum absolute atomic E-state index is 0.0645. The van der Waals surface area contributed by atoms with Crippen molar-refractivity contribution in [3.63, 3.8) is 0 Å². The summed E-state index contributed by atoms with van der Waals surface area (Å²) in [4.78, 5) is 24.2. The van der Waals surface area contributed by atoms with Crippen LogP contribution in [0.1, 0.15) is 44.5 Å². The number of nitrogens with one attached hydrogen (secondary N) is 2. The third-order valence-electron chi connectivity index (χ3n) is 3.94. The molecule has 5 heteroatoms. The molecule has 0 unspecified atom stereocenters. The van der Waals surface area contributed by atoms with Gasteiger partial charge >= 0.3 is 0 Å². The second-order valence-corrected chi connectivity index (χ2v) is 6.54. The molecule has 2 aromatic rings. The molecule has 0 heterocycles. The molecule has 0 saturated heterocycles. The predicted molar refractivity (Wildman–Crippen MR) is 105 cm³/mol. The first kappa shape index (κ1) is 19.5. The summed E-state index contributed by atoms with van der Waals surface area (Å²) in [6.45, 7) is 7.72. The molecule has 2 N–H and O–H groups in total. The lowest BCUT2D eigenvalue weighted by molar-refractivity contribution is -0.118. The molecule has 0 aliphatic rings. The van der Waals surface area contributed by atoms with Crippen molar-refractivity contribution in [1.29, 1.82) is 0 Å². The molecule has 0 saturated carbocycles. The Morgan fingerprint density at radius 3 is 2.15 bits per heavy atom. The van der Waals surface area contributed by atoms with Gasteiger partial charge in [-0.25, -0.2) is 0 Å². The summed E-state index contributed by atoms with van der Waals surface area (Å²) in [6, 6.07) is 14.1. The molecule has 0 spiro atoms. The molecule has 0 bridgehead atoms. The fourth-order valence-corrected chi connectivity index (χ4v) is 2.17. The highest BCUT2D eigenvalue weighted by molar-refractivity contribution is 6.04. The van der Waals surface area contributed by atoms with Gasteiger partial charge < -0.3 is 15.4 Å². The highest BCUT2D eigenvalue weighted by atomic mass is 16.5. The normalized spacial score (nSPS) is 11.7. The van der Waals surface area contributed by atoms with Gasteiger partial charge in [0.05, 0.1) is 6.10 Å². The van der Waals surface area contributed by atoms with Gasteiger partial charge in [0.15, 0.2) is 0 Å². The molecule has 0 aliphatic heterocycles. The summed E-state index contributed by atoms with van der Waals surface area (Å²) >= 11 is 0. The van der Waals surface area contributed by atoms with E-state index in [4.69, 9.17) is 4.74 Å². The molecule has 2 rings (SSSR count). The summed E-state index contributed by atoms with van der Waals surface area (Å²) < 4.78 is 5.72. The Morgan fingerprint density at radius 2 is 1.58 bits per heavy atom. The highest BCUT2D eigenvalue weighted by Crippen LogP contribution is 2.19. The lowest BCUT2D eigenvalue weighted by atomic mass is 10.2. The van der Waals surface area contributed by atoms with Crippen molar-refractivity contribution in [1.82, 2.24) is 0 Å². The van der Waals surface area contributed by atoms with Gasteiger partial charge in [-0.2, -0.15) is 0 Å². The van der Waals surface area contributed by atoms with E-state index in [9.17, 15) is 9.59 Å². The van der Waals surface area contributed by atoms with Crippen LogP contribution in [0.25, 0.3) is 0 Å². The molecule has 2 amide bonds. The van der Waals surface area contributed by atoms with Crippen LogP contribution in [-0.4, -0.2) is 17.9 Å². The fraction of sp³-hybridized carbons (Fsp3) is 0.333. The van der Waals surface area contributed by atoms with Crippen molar-refractivity contribution >= 4 is 23.2 Å². The summed E-state index contributed by atoms with van der Waals surface area (Å²) in [5, 5.41) is 5.66. The fourth-order valence-electron chi connectivity index (χ4n) is 2.17. The van der Waals surface area contributed by atoms with Crippen molar-refractivity contribution in [3.8, 4) is 5.75 Å². The Bertz CT molecular complexity index is 754. The Hall–Kier alpha value is -2.82. The van der Waals surface area contributed by atoms with Crippen molar-refractivity contribution in [3.05, 3.63) is 54.1 Å². The van der Waals surface area contributed by atoms with Gasteiger partial charge in [-0.05, 0) is 55.8 Å². The topological polar surface area (TPSA) is 67.4 Å². The van der Waals surface area contributed by atoms with Crippen LogP contribution in [0.15, 0.2) is 48.5 Å². The summed E-state index contributed by atoms with van der Waals surface area (Å²) in [5.74, 6) is 0.358. The lowest BCUT2D eigenvalue weighted by Crippen LogP contribution is -2.18. The number of rotatable bonds is 7. The Labute approximate surface area is 154 Å². The SMILES string of the molecule is CC[C@@H](C)Oc1ccc(C(=O)Nc2cccc(NC(=O)C(C)C)c2)cc1. The zero-order valence-corrected chi connectivity index (χ0v) is 15.7. The van der Waals surface area contributed by atoms with Crippen LogP contribution in [0.2, 0.25) is 0 Å². The van der Waals surface area contributed by atoms with Crippen LogP contribution in [0.3, 0.4) is 0 Å². The molecule has 0 aromatic heterocycles.